The van der Waals surface area contributed by atoms with E-state index in [2.05, 4.69) is 15.5 Å². The molecule has 5 nitrogen and oxygen atoms in total. The molecule has 1 fully saturated rings. The molecule has 0 aromatic heterocycles. The number of amides is 1. The minimum atomic E-state index is -0.0122. The Hall–Kier alpha value is -2.08. The highest BCUT2D eigenvalue weighted by molar-refractivity contribution is 5.93. The van der Waals surface area contributed by atoms with E-state index in [-0.39, 0.29) is 18.3 Å². The lowest BCUT2D eigenvalue weighted by Crippen LogP contribution is -2.35. The van der Waals surface area contributed by atoms with Crippen LogP contribution in [0.1, 0.15) is 12.0 Å². The molecular formula is C20H26ClN3O2. The Morgan fingerprint density at radius 3 is 2.69 bits per heavy atom. The number of nitrogens with zero attached hydrogens (tertiary/aromatic N) is 1. The molecule has 0 aliphatic carbocycles. The van der Waals surface area contributed by atoms with Crippen molar-refractivity contribution in [3.63, 3.8) is 0 Å². The first-order chi connectivity index (χ1) is 12.2. The van der Waals surface area contributed by atoms with Crippen LogP contribution in [0.25, 0.3) is 0 Å². The van der Waals surface area contributed by atoms with Gasteiger partial charge in [0.25, 0.3) is 0 Å². The van der Waals surface area contributed by atoms with Gasteiger partial charge in [0.1, 0.15) is 5.75 Å². The molecule has 1 aliphatic rings. The molecule has 2 aromatic carbocycles. The average Bonchev–Trinajstić information content (AvgIpc) is 2.87. The molecule has 0 radical (unpaired) electrons. The molecule has 0 spiro atoms. The maximum absolute atomic E-state index is 12.4. The molecule has 1 saturated heterocycles. The van der Waals surface area contributed by atoms with Crippen molar-refractivity contribution in [1.29, 1.82) is 0 Å². The quantitative estimate of drug-likeness (QED) is 0.840. The van der Waals surface area contributed by atoms with Crippen LogP contribution in [0.15, 0.2) is 48.5 Å². The first kappa shape index (κ1) is 20.2. The number of hydrogen-bond acceptors (Lipinski definition) is 4. The fourth-order valence-corrected chi connectivity index (χ4v) is 2.84. The number of hydrogen-bond donors (Lipinski definition) is 2. The summed E-state index contributed by atoms with van der Waals surface area (Å²) in [5, 5.41) is 6.33. The van der Waals surface area contributed by atoms with Crippen LogP contribution < -0.4 is 15.4 Å². The van der Waals surface area contributed by atoms with Crippen LogP contribution >= 0.6 is 12.4 Å². The van der Waals surface area contributed by atoms with Gasteiger partial charge in [0.15, 0.2) is 5.75 Å². The molecule has 140 valence electrons. The van der Waals surface area contributed by atoms with E-state index in [0.29, 0.717) is 18.0 Å². The van der Waals surface area contributed by atoms with Gasteiger partial charge in [0.05, 0.1) is 12.2 Å². The first-order valence-corrected chi connectivity index (χ1v) is 8.77. The average molecular weight is 376 g/mol. The Kier molecular flexibility index (Phi) is 7.91. The number of ether oxygens (including phenoxy) is 1. The molecule has 0 unspecified atom stereocenters. The van der Waals surface area contributed by atoms with Crippen LogP contribution in [-0.2, 0) is 4.79 Å². The Bertz CT molecular complexity index is 698. The van der Waals surface area contributed by atoms with Gasteiger partial charge < -0.3 is 15.4 Å². The highest BCUT2D eigenvalue weighted by Gasteiger charge is 2.14. The van der Waals surface area contributed by atoms with Crippen molar-refractivity contribution < 1.29 is 9.53 Å². The number of nitrogens with one attached hydrogen (secondary N) is 2. The van der Waals surface area contributed by atoms with Gasteiger partial charge >= 0.3 is 0 Å². The molecule has 1 amide bonds. The zero-order valence-electron chi connectivity index (χ0n) is 15.0. The van der Waals surface area contributed by atoms with E-state index in [0.717, 1.165) is 38.3 Å². The molecule has 0 saturated carbocycles. The Morgan fingerprint density at radius 1 is 1.12 bits per heavy atom. The van der Waals surface area contributed by atoms with Crippen molar-refractivity contribution in [1.82, 2.24) is 10.2 Å². The molecule has 26 heavy (non-hydrogen) atoms. The number of carbonyl (C=O) groups excluding carboxylic acids is 1. The maximum atomic E-state index is 12.4. The Labute approximate surface area is 161 Å². The fourth-order valence-electron chi connectivity index (χ4n) is 2.84. The van der Waals surface area contributed by atoms with Gasteiger partial charge in [-0.3, -0.25) is 9.69 Å². The number of aryl methyl sites for hydroxylation is 1. The summed E-state index contributed by atoms with van der Waals surface area (Å²) in [6, 6.07) is 15.4. The Morgan fingerprint density at radius 2 is 1.88 bits per heavy atom. The summed E-state index contributed by atoms with van der Waals surface area (Å²) in [5.74, 6) is 1.39. The topological polar surface area (TPSA) is 53.6 Å². The minimum Gasteiger partial charge on any atom is -0.455 e. The van der Waals surface area contributed by atoms with E-state index >= 15 is 0 Å². The van der Waals surface area contributed by atoms with Gasteiger partial charge in [-0.2, -0.15) is 0 Å². The second kappa shape index (κ2) is 10.2. The molecule has 6 heteroatoms. The molecule has 1 heterocycles. The summed E-state index contributed by atoms with van der Waals surface area (Å²) in [4.78, 5) is 14.6. The largest absolute Gasteiger partial charge is 0.455 e. The highest BCUT2D eigenvalue weighted by Crippen LogP contribution is 2.29. The van der Waals surface area contributed by atoms with Gasteiger partial charge in [-0.15, -0.1) is 12.4 Å². The van der Waals surface area contributed by atoms with Gasteiger partial charge in [0.2, 0.25) is 5.91 Å². The summed E-state index contributed by atoms with van der Waals surface area (Å²) in [5.41, 5.74) is 1.88. The van der Waals surface area contributed by atoms with E-state index < -0.39 is 0 Å². The third kappa shape index (κ3) is 6.02. The number of halogens is 1. The smallest absolute Gasteiger partial charge is 0.238 e. The van der Waals surface area contributed by atoms with Crippen molar-refractivity contribution in [2.75, 3.05) is 38.0 Å². The summed E-state index contributed by atoms with van der Waals surface area (Å²) >= 11 is 0. The van der Waals surface area contributed by atoms with E-state index in [4.69, 9.17) is 4.74 Å². The van der Waals surface area contributed by atoms with Crippen molar-refractivity contribution in [2.45, 2.75) is 13.3 Å². The van der Waals surface area contributed by atoms with E-state index in [1.54, 1.807) is 0 Å². The van der Waals surface area contributed by atoms with Gasteiger partial charge in [-0.05, 0) is 50.7 Å². The van der Waals surface area contributed by atoms with Crippen LogP contribution in [0.5, 0.6) is 11.5 Å². The van der Waals surface area contributed by atoms with Gasteiger partial charge in [-0.1, -0.05) is 29.8 Å². The first-order valence-electron chi connectivity index (χ1n) is 8.77. The van der Waals surface area contributed by atoms with Crippen molar-refractivity contribution >= 4 is 24.0 Å². The SMILES string of the molecule is Cc1ccc(Oc2ccccc2NC(=O)CN2CCCNCC2)cc1.Cl. The second-order valence-corrected chi connectivity index (χ2v) is 6.34. The summed E-state index contributed by atoms with van der Waals surface area (Å²) in [6.45, 7) is 6.24. The fraction of sp³-hybridized carbons (Fsp3) is 0.350. The zero-order chi connectivity index (χ0) is 17.5. The second-order valence-electron chi connectivity index (χ2n) is 6.34. The number of para-hydroxylation sites is 2. The summed E-state index contributed by atoms with van der Waals surface area (Å²) < 4.78 is 5.94. The molecule has 3 rings (SSSR count). The van der Waals surface area contributed by atoms with Crippen molar-refractivity contribution in [3.8, 4) is 11.5 Å². The third-order valence-electron chi connectivity index (χ3n) is 4.21. The maximum Gasteiger partial charge on any atom is 0.238 e. The van der Waals surface area contributed by atoms with Crippen LogP contribution in [0.4, 0.5) is 5.69 Å². The summed E-state index contributed by atoms with van der Waals surface area (Å²) in [7, 11) is 0. The Balaban J connectivity index is 0.00000243. The van der Waals surface area contributed by atoms with Crippen LogP contribution in [0.3, 0.4) is 0 Å². The molecule has 0 atom stereocenters. The third-order valence-corrected chi connectivity index (χ3v) is 4.21. The van der Waals surface area contributed by atoms with Crippen LogP contribution in [0.2, 0.25) is 0 Å². The van der Waals surface area contributed by atoms with E-state index in [1.807, 2.05) is 55.5 Å². The molecule has 0 bridgehead atoms. The van der Waals surface area contributed by atoms with Crippen LogP contribution in [-0.4, -0.2) is 43.5 Å². The molecular weight excluding hydrogens is 350 g/mol. The number of rotatable bonds is 5. The van der Waals surface area contributed by atoms with Crippen molar-refractivity contribution in [3.05, 3.63) is 54.1 Å². The minimum absolute atomic E-state index is 0. The van der Waals surface area contributed by atoms with Gasteiger partial charge in [-0.25, -0.2) is 0 Å². The lowest BCUT2D eigenvalue weighted by Gasteiger charge is -2.19. The molecule has 1 aliphatic heterocycles. The number of benzene rings is 2. The predicted molar refractivity (Wildman–Crippen MR) is 107 cm³/mol. The zero-order valence-corrected chi connectivity index (χ0v) is 15.8. The van der Waals surface area contributed by atoms with Gasteiger partial charge in [0, 0.05) is 13.1 Å². The summed E-state index contributed by atoms with van der Waals surface area (Å²) in [6.07, 6.45) is 1.07. The highest BCUT2D eigenvalue weighted by atomic mass is 35.5. The molecule has 2 aromatic rings. The van der Waals surface area contributed by atoms with Crippen molar-refractivity contribution in [2.24, 2.45) is 0 Å². The monoisotopic (exact) mass is 375 g/mol. The lowest BCUT2D eigenvalue weighted by atomic mass is 10.2. The predicted octanol–water partition coefficient (Wildman–Crippen LogP) is 3.44. The van der Waals surface area contributed by atoms with E-state index in [9.17, 15) is 4.79 Å². The van der Waals surface area contributed by atoms with E-state index in [1.165, 1.54) is 5.56 Å². The molecule has 2 N–H and O–H groups in total. The number of carbonyl (C=O) groups is 1. The number of anilines is 1. The standard InChI is InChI=1S/C20H25N3O2.ClH/c1-16-7-9-17(10-8-16)25-19-6-3-2-5-18(19)22-20(24)15-23-13-4-11-21-12-14-23;/h2-3,5-10,21H,4,11-15H2,1H3,(H,22,24);1H. The lowest BCUT2D eigenvalue weighted by molar-refractivity contribution is -0.117. The van der Waals surface area contributed by atoms with Crippen LogP contribution in [0, 0.1) is 6.92 Å². The normalized spacial score (nSPS) is 14.8.